The summed E-state index contributed by atoms with van der Waals surface area (Å²) in [5.41, 5.74) is 1.58. The van der Waals surface area contributed by atoms with Gasteiger partial charge in [-0.1, -0.05) is 27.7 Å². The fourth-order valence-corrected chi connectivity index (χ4v) is 7.76. The van der Waals surface area contributed by atoms with E-state index >= 15 is 0 Å². The first-order valence-corrected chi connectivity index (χ1v) is 12.0. The van der Waals surface area contributed by atoms with E-state index in [1.165, 1.54) is 18.5 Å². The van der Waals surface area contributed by atoms with Gasteiger partial charge in [0.25, 0.3) is 0 Å². The predicted octanol–water partition coefficient (Wildman–Crippen LogP) is 4.41. The van der Waals surface area contributed by atoms with Gasteiger partial charge in [0.05, 0.1) is 0 Å². The van der Waals surface area contributed by atoms with E-state index in [0.717, 1.165) is 38.9 Å². The molecule has 2 saturated carbocycles. The van der Waals surface area contributed by atoms with Gasteiger partial charge in [0, 0.05) is 49.2 Å². The molecule has 0 aromatic rings. The van der Waals surface area contributed by atoms with Gasteiger partial charge in [0.15, 0.2) is 5.78 Å². The monoisotopic (exact) mass is 400 g/mol. The van der Waals surface area contributed by atoms with Gasteiger partial charge in [-0.3, -0.25) is 9.59 Å². The highest BCUT2D eigenvalue weighted by atomic mass is 16.2. The lowest BCUT2D eigenvalue weighted by atomic mass is 9.49. The number of nitrogens with one attached hydrogen (secondary N) is 1. The number of hydrogen-bond acceptors (Lipinski definition) is 3. The summed E-state index contributed by atoms with van der Waals surface area (Å²) in [6.45, 7) is 14.2. The van der Waals surface area contributed by atoms with Gasteiger partial charge in [-0.05, 0) is 68.1 Å². The SMILES string of the molecule is CCNC(=O)C1CC[C@H]2[C@@H]3CN(CC(C)C)C4=CC(=O)CC[C@]4(C)[C@@H]3CC[C@]12C. The number of nitrogens with zero attached hydrogens (tertiary/aromatic N) is 1. The van der Waals surface area contributed by atoms with Gasteiger partial charge in [-0.15, -0.1) is 0 Å². The van der Waals surface area contributed by atoms with Crippen molar-refractivity contribution in [2.75, 3.05) is 19.6 Å². The highest BCUT2D eigenvalue weighted by Gasteiger charge is 2.61. The molecule has 4 rings (SSSR count). The number of ketones is 1. The van der Waals surface area contributed by atoms with Crippen LogP contribution in [0, 0.1) is 40.4 Å². The van der Waals surface area contributed by atoms with Crippen LogP contribution in [0.3, 0.4) is 0 Å². The zero-order valence-electron chi connectivity index (χ0n) is 19.1. The normalized spacial score (nSPS) is 41.5. The van der Waals surface area contributed by atoms with Gasteiger partial charge in [-0.25, -0.2) is 0 Å². The number of carbonyl (C=O) groups excluding carboxylic acids is 2. The third kappa shape index (κ3) is 3.25. The average Bonchev–Trinajstić information content (AvgIpc) is 3.00. The third-order valence-electron chi connectivity index (χ3n) is 9.05. The zero-order chi connectivity index (χ0) is 21.0. The van der Waals surface area contributed by atoms with Crippen molar-refractivity contribution in [3.8, 4) is 0 Å². The molecule has 0 bridgehead atoms. The maximum Gasteiger partial charge on any atom is 0.223 e. The molecule has 3 fully saturated rings. The number of carbonyl (C=O) groups is 2. The maximum absolute atomic E-state index is 12.8. The molecule has 162 valence electrons. The molecule has 0 aromatic heterocycles. The summed E-state index contributed by atoms with van der Waals surface area (Å²) < 4.78 is 0. The third-order valence-corrected chi connectivity index (χ3v) is 9.05. The maximum atomic E-state index is 12.8. The molecule has 1 heterocycles. The Morgan fingerprint density at radius 1 is 1.21 bits per heavy atom. The smallest absolute Gasteiger partial charge is 0.223 e. The zero-order valence-corrected chi connectivity index (χ0v) is 19.1. The van der Waals surface area contributed by atoms with E-state index in [1.54, 1.807) is 0 Å². The molecule has 1 amide bonds. The molecule has 0 spiro atoms. The van der Waals surface area contributed by atoms with E-state index < -0.39 is 0 Å². The van der Waals surface area contributed by atoms with Crippen LogP contribution in [0.25, 0.3) is 0 Å². The molecule has 4 heteroatoms. The minimum Gasteiger partial charge on any atom is -0.374 e. The minimum absolute atomic E-state index is 0.122. The first-order valence-electron chi connectivity index (χ1n) is 12.0. The number of hydrogen-bond donors (Lipinski definition) is 1. The summed E-state index contributed by atoms with van der Waals surface area (Å²) in [6.07, 6.45) is 8.26. The molecule has 3 aliphatic carbocycles. The van der Waals surface area contributed by atoms with Gasteiger partial charge >= 0.3 is 0 Å². The summed E-state index contributed by atoms with van der Waals surface area (Å²) in [4.78, 5) is 27.7. The van der Waals surface area contributed by atoms with Crippen LogP contribution in [0.5, 0.6) is 0 Å². The van der Waals surface area contributed by atoms with Crippen molar-refractivity contribution in [3.05, 3.63) is 11.8 Å². The fraction of sp³-hybridized carbons (Fsp3) is 0.840. The van der Waals surface area contributed by atoms with E-state index in [2.05, 4.69) is 37.9 Å². The Bertz CT molecular complexity index is 714. The van der Waals surface area contributed by atoms with Gasteiger partial charge in [0.1, 0.15) is 0 Å². The van der Waals surface area contributed by atoms with Crippen molar-refractivity contribution >= 4 is 11.7 Å². The second kappa shape index (κ2) is 7.42. The summed E-state index contributed by atoms with van der Waals surface area (Å²) in [5.74, 6) is 3.25. The molecule has 29 heavy (non-hydrogen) atoms. The van der Waals surface area contributed by atoms with E-state index in [9.17, 15) is 9.59 Å². The Morgan fingerprint density at radius 2 is 1.97 bits per heavy atom. The average molecular weight is 401 g/mol. The molecular weight excluding hydrogens is 360 g/mol. The van der Waals surface area contributed by atoms with Crippen LogP contribution in [-0.2, 0) is 9.59 Å². The van der Waals surface area contributed by atoms with E-state index in [1.807, 2.05) is 13.0 Å². The van der Waals surface area contributed by atoms with Crippen LogP contribution in [0.15, 0.2) is 11.8 Å². The number of piperidine rings is 1. The van der Waals surface area contributed by atoms with E-state index in [-0.39, 0.29) is 22.7 Å². The van der Waals surface area contributed by atoms with E-state index in [0.29, 0.717) is 35.9 Å². The van der Waals surface area contributed by atoms with Crippen LogP contribution in [0.4, 0.5) is 0 Å². The molecule has 1 saturated heterocycles. The number of fused-ring (bicyclic) bond motifs is 5. The van der Waals surface area contributed by atoms with Crippen LogP contribution in [0.2, 0.25) is 0 Å². The Morgan fingerprint density at radius 3 is 2.66 bits per heavy atom. The number of amides is 1. The summed E-state index contributed by atoms with van der Waals surface area (Å²) >= 11 is 0. The standard InChI is InChI=1S/C25H40N2O2/c1-6-26-23(29)21-8-7-19-18-15-27(14-16(2)3)22-13-17(28)9-11-25(22,5)20(18)10-12-24(19,21)4/h13,16,18-21H,6-12,14-15H2,1-5H3,(H,26,29)/t18-,19-,20+,21?,24-,25+/m0/s1. The molecule has 1 aliphatic heterocycles. The summed E-state index contributed by atoms with van der Waals surface area (Å²) in [5, 5.41) is 3.11. The van der Waals surface area contributed by atoms with Crippen molar-refractivity contribution in [2.24, 2.45) is 40.4 Å². The van der Waals surface area contributed by atoms with Crippen LogP contribution < -0.4 is 5.32 Å². The molecule has 1 N–H and O–H groups in total. The Balaban J connectivity index is 1.67. The lowest BCUT2D eigenvalue weighted by molar-refractivity contribution is -0.134. The first-order chi connectivity index (χ1) is 13.7. The van der Waals surface area contributed by atoms with Gasteiger partial charge in [0.2, 0.25) is 5.91 Å². The van der Waals surface area contributed by atoms with Crippen LogP contribution >= 0.6 is 0 Å². The van der Waals surface area contributed by atoms with Gasteiger partial charge < -0.3 is 10.2 Å². The van der Waals surface area contributed by atoms with E-state index in [4.69, 9.17) is 0 Å². The largest absolute Gasteiger partial charge is 0.374 e. The van der Waals surface area contributed by atoms with Crippen LogP contribution in [0.1, 0.15) is 73.1 Å². The molecule has 4 aliphatic rings. The lowest BCUT2D eigenvalue weighted by Crippen LogP contribution is -2.58. The highest BCUT2D eigenvalue weighted by Crippen LogP contribution is 2.65. The second-order valence-electron chi connectivity index (χ2n) is 11.2. The topological polar surface area (TPSA) is 49.4 Å². The Hall–Kier alpha value is -1.32. The van der Waals surface area contributed by atoms with Crippen molar-refractivity contribution < 1.29 is 9.59 Å². The quantitative estimate of drug-likeness (QED) is 0.761. The Kier molecular flexibility index (Phi) is 5.36. The lowest BCUT2D eigenvalue weighted by Gasteiger charge is -2.61. The van der Waals surface area contributed by atoms with Crippen molar-refractivity contribution in [1.29, 1.82) is 0 Å². The van der Waals surface area contributed by atoms with Crippen LogP contribution in [-0.4, -0.2) is 36.2 Å². The molecule has 6 atom stereocenters. The minimum atomic E-state index is 0.122. The highest BCUT2D eigenvalue weighted by molar-refractivity contribution is 5.91. The van der Waals surface area contributed by atoms with Crippen molar-refractivity contribution in [2.45, 2.75) is 73.1 Å². The summed E-state index contributed by atoms with van der Waals surface area (Å²) in [7, 11) is 0. The van der Waals surface area contributed by atoms with Crippen molar-refractivity contribution in [3.63, 3.8) is 0 Å². The molecular formula is C25H40N2O2. The van der Waals surface area contributed by atoms with Crippen molar-refractivity contribution in [1.82, 2.24) is 10.2 Å². The Labute approximate surface area is 176 Å². The molecule has 0 aromatic carbocycles. The predicted molar refractivity (Wildman–Crippen MR) is 116 cm³/mol. The number of rotatable bonds is 4. The number of likely N-dealkylation sites (tertiary alicyclic amines) is 1. The molecule has 1 unspecified atom stereocenters. The first kappa shape index (κ1) is 20.9. The fourth-order valence-electron chi connectivity index (χ4n) is 7.76. The second-order valence-corrected chi connectivity index (χ2v) is 11.2. The molecule has 4 nitrogen and oxygen atoms in total. The summed E-state index contributed by atoms with van der Waals surface area (Å²) in [6, 6.07) is 0. The molecule has 0 radical (unpaired) electrons. The van der Waals surface area contributed by atoms with Gasteiger partial charge in [-0.2, -0.15) is 0 Å². The number of allylic oxidation sites excluding steroid dienone is 2.